The van der Waals surface area contributed by atoms with Gasteiger partial charge in [-0.15, -0.1) is 0 Å². The third kappa shape index (κ3) is 4.87. The fraction of sp³-hybridized carbons (Fsp3) is 0.333. The largest absolute Gasteiger partial charge is 0.337 e. The number of halogens is 1. The molecule has 2 N–H and O–H groups in total. The number of Topliss-reactive ketones (excluding diaryl/α,β-unsaturated/α-hetero) is 1. The first-order valence-corrected chi connectivity index (χ1v) is 5.67. The van der Waals surface area contributed by atoms with E-state index >= 15 is 0 Å². The number of nitrogens with one attached hydrogen (secondary N) is 2. The van der Waals surface area contributed by atoms with E-state index in [-0.39, 0.29) is 11.8 Å². The number of urea groups is 1. The monoisotopic (exact) mass is 254 g/mol. The van der Waals surface area contributed by atoms with Gasteiger partial charge in [0.15, 0.2) is 0 Å². The molecule has 1 aromatic carbocycles. The molecule has 0 radical (unpaired) electrons. The van der Waals surface area contributed by atoms with Crippen molar-refractivity contribution in [3.05, 3.63) is 28.8 Å². The van der Waals surface area contributed by atoms with Crippen molar-refractivity contribution in [1.82, 2.24) is 5.32 Å². The summed E-state index contributed by atoms with van der Waals surface area (Å²) in [5.41, 5.74) is 1.58. The van der Waals surface area contributed by atoms with E-state index in [0.29, 0.717) is 23.7 Å². The number of anilines is 1. The topological polar surface area (TPSA) is 58.2 Å². The maximum Gasteiger partial charge on any atom is 0.319 e. The van der Waals surface area contributed by atoms with Crippen LogP contribution in [-0.4, -0.2) is 18.4 Å². The molecule has 4 nitrogen and oxygen atoms in total. The molecule has 0 fully saturated rings. The highest BCUT2D eigenvalue weighted by atomic mass is 35.5. The number of amides is 2. The zero-order valence-corrected chi connectivity index (χ0v) is 10.6. The Hall–Kier alpha value is -1.55. The molecular formula is C12H15ClN2O2. The van der Waals surface area contributed by atoms with E-state index in [1.807, 2.05) is 13.0 Å². The molecule has 0 heterocycles. The van der Waals surface area contributed by atoms with Crippen LogP contribution in [0.1, 0.15) is 18.9 Å². The maximum atomic E-state index is 11.4. The molecule has 92 valence electrons. The van der Waals surface area contributed by atoms with E-state index in [1.165, 1.54) is 6.92 Å². The number of aryl methyl sites for hydroxylation is 1. The fourth-order valence-corrected chi connectivity index (χ4v) is 1.38. The van der Waals surface area contributed by atoms with Crippen molar-refractivity contribution in [1.29, 1.82) is 0 Å². The average Bonchev–Trinajstić information content (AvgIpc) is 2.23. The molecule has 0 bridgehead atoms. The van der Waals surface area contributed by atoms with Crippen LogP contribution in [0.2, 0.25) is 5.02 Å². The van der Waals surface area contributed by atoms with E-state index in [1.54, 1.807) is 12.1 Å². The average molecular weight is 255 g/mol. The van der Waals surface area contributed by atoms with Crippen molar-refractivity contribution in [2.75, 3.05) is 11.9 Å². The van der Waals surface area contributed by atoms with Gasteiger partial charge in [-0.05, 0) is 31.5 Å². The van der Waals surface area contributed by atoms with Gasteiger partial charge >= 0.3 is 6.03 Å². The maximum absolute atomic E-state index is 11.4. The van der Waals surface area contributed by atoms with Crippen LogP contribution < -0.4 is 10.6 Å². The lowest BCUT2D eigenvalue weighted by atomic mass is 10.2. The smallest absolute Gasteiger partial charge is 0.319 e. The summed E-state index contributed by atoms with van der Waals surface area (Å²) in [4.78, 5) is 22.1. The first-order valence-electron chi connectivity index (χ1n) is 5.29. The van der Waals surface area contributed by atoms with Crippen LogP contribution in [0.15, 0.2) is 18.2 Å². The van der Waals surface area contributed by atoms with Crippen molar-refractivity contribution in [2.45, 2.75) is 20.3 Å². The second kappa shape index (κ2) is 6.25. The van der Waals surface area contributed by atoms with Gasteiger partial charge in [0.1, 0.15) is 5.78 Å². The Morgan fingerprint density at radius 2 is 2.06 bits per heavy atom. The molecule has 0 spiro atoms. The summed E-state index contributed by atoms with van der Waals surface area (Å²) in [5, 5.41) is 5.82. The highest BCUT2D eigenvalue weighted by Crippen LogP contribution is 2.19. The minimum Gasteiger partial charge on any atom is -0.337 e. The highest BCUT2D eigenvalue weighted by molar-refractivity contribution is 6.31. The highest BCUT2D eigenvalue weighted by Gasteiger charge is 2.03. The summed E-state index contributed by atoms with van der Waals surface area (Å²) in [7, 11) is 0. The third-order valence-electron chi connectivity index (χ3n) is 2.19. The molecule has 0 saturated carbocycles. The predicted octanol–water partition coefficient (Wildman–Crippen LogP) is 2.75. The second-order valence-corrected chi connectivity index (χ2v) is 4.20. The number of ketones is 1. The van der Waals surface area contributed by atoms with E-state index in [9.17, 15) is 9.59 Å². The molecule has 0 aliphatic carbocycles. The van der Waals surface area contributed by atoms with Crippen LogP contribution in [0.5, 0.6) is 0 Å². The summed E-state index contributed by atoms with van der Waals surface area (Å²) < 4.78 is 0. The van der Waals surface area contributed by atoms with Gasteiger partial charge in [-0.25, -0.2) is 4.79 Å². The second-order valence-electron chi connectivity index (χ2n) is 3.80. The van der Waals surface area contributed by atoms with Crippen LogP contribution in [0.3, 0.4) is 0 Å². The summed E-state index contributed by atoms with van der Waals surface area (Å²) in [6, 6.07) is 4.94. The zero-order chi connectivity index (χ0) is 12.8. The molecule has 2 amide bonds. The van der Waals surface area contributed by atoms with Crippen molar-refractivity contribution >= 4 is 29.1 Å². The quantitative estimate of drug-likeness (QED) is 0.868. The first-order chi connectivity index (χ1) is 7.99. The van der Waals surface area contributed by atoms with E-state index < -0.39 is 0 Å². The standard InChI is InChI=1S/C12H15ClN2O2/c1-8-3-4-10(7-11(8)13)15-12(17)14-6-5-9(2)16/h3-4,7H,5-6H2,1-2H3,(H2,14,15,17). The molecule has 0 aromatic heterocycles. The minimum absolute atomic E-state index is 0.0451. The van der Waals surface area contributed by atoms with Crippen LogP contribution in [-0.2, 0) is 4.79 Å². The zero-order valence-electron chi connectivity index (χ0n) is 9.84. The van der Waals surface area contributed by atoms with Gasteiger partial charge in [-0.2, -0.15) is 0 Å². The number of hydrogen-bond acceptors (Lipinski definition) is 2. The molecule has 0 aliphatic rings. The molecule has 17 heavy (non-hydrogen) atoms. The number of hydrogen-bond donors (Lipinski definition) is 2. The Balaban J connectivity index is 2.45. The Bertz CT molecular complexity index is 433. The Labute approximate surface area is 105 Å². The lowest BCUT2D eigenvalue weighted by Crippen LogP contribution is -2.30. The van der Waals surface area contributed by atoms with Gasteiger partial charge in [-0.1, -0.05) is 17.7 Å². The van der Waals surface area contributed by atoms with E-state index in [2.05, 4.69) is 10.6 Å². The van der Waals surface area contributed by atoms with Gasteiger partial charge in [0.2, 0.25) is 0 Å². The molecule has 0 atom stereocenters. The fourth-order valence-electron chi connectivity index (χ4n) is 1.20. The first kappa shape index (κ1) is 13.5. The van der Waals surface area contributed by atoms with Crippen LogP contribution in [0.25, 0.3) is 0 Å². The SMILES string of the molecule is CC(=O)CCNC(=O)Nc1ccc(C)c(Cl)c1. The summed E-state index contributed by atoms with van der Waals surface area (Å²) in [5.74, 6) is 0.0451. The Morgan fingerprint density at radius 3 is 2.65 bits per heavy atom. The summed E-state index contributed by atoms with van der Waals surface area (Å²) >= 11 is 5.93. The van der Waals surface area contributed by atoms with Gasteiger partial charge in [0.25, 0.3) is 0 Å². The predicted molar refractivity (Wildman–Crippen MR) is 68.5 cm³/mol. The molecule has 5 heteroatoms. The van der Waals surface area contributed by atoms with Crippen molar-refractivity contribution in [3.8, 4) is 0 Å². The van der Waals surface area contributed by atoms with E-state index in [0.717, 1.165) is 5.56 Å². The number of carbonyl (C=O) groups is 2. The Kier molecular flexibility index (Phi) is 4.97. The lowest BCUT2D eigenvalue weighted by Gasteiger charge is -2.07. The molecule has 0 saturated heterocycles. The van der Waals surface area contributed by atoms with Crippen LogP contribution in [0.4, 0.5) is 10.5 Å². The molecular weight excluding hydrogens is 240 g/mol. The summed E-state index contributed by atoms with van der Waals surface area (Å²) in [6.07, 6.45) is 0.335. The molecule has 0 unspecified atom stereocenters. The van der Waals surface area contributed by atoms with Crippen LogP contribution >= 0.6 is 11.6 Å². The number of rotatable bonds is 4. The van der Waals surface area contributed by atoms with Gasteiger partial charge in [-0.3, -0.25) is 4.79 Å². The van der Waals surface area contributed by atoms with Crippen LogP contribution in [0, 0.1) is 6.92 Å². The number of benzene rings is 1. The Morgan fingerprint density at radius 1 is 1.35 bits per heavy atom. The molecule has 0 aliphatic heterocycles. The lowest BCUT2D eigenvalue weighted by molar-refractivity contribution is -0.116. The molecule has 1 aromatic rings. The third-order valence-corrected chi connectivity index (χ3v) is 2.60. The summed E-state index contributed by atoms with van der Waals surface area (Å²) in [6.45, 7) is 3.71. The van der Waals surface area contributed by atoms with Crippen molar-refractivity contribution < 1.29 is 9.59 Å². The van der Waals surface area contributed by atoms with Crippen molar-refractivity contribution in [3.63, 3.8) is 0 Å². The van der Waals surface area contributed by atoms with Gasteiger partial charge in [0.05, 0.1) is 0 Å². The van der Waals surface area contributed by atoms with Gasteiger partial charge < -0.3 is 10.6 Å². The molecule has 1 rings (SSSR count). The normalized spacial score (nSPS) is 9.82. The van der Waals surface area contributed by atoms with Gasteiger partial charge in [0, 0.05) is 23.7 Å². The number of carbonyl (C=O) groups excluding carboxylic acids is 2. The minimum atomic E-state index is -0.342. The van der Waals surface area contributed by atoms with E-state index in [4.69, 9.17) is 11.6 Å². The van der Waals surface area contributed by atoms with Crippen molar-refractivity contribution in [2.24, 2.45) is 0 Å².